The average molecular weight is 270 g/mol. The maximum atomic E-state index is 11.1. The van der Waals surface area contributed by atoms with Crippen LogP contribution in [0.2, 0.25) is 0 Å². The number of hydrogen-bond donors (Lipinski definition) is 1. The van der Waals surface area contributed by atoms with Gasteiger partial charge in [-0.05, 0) is 6.37 Å². The van der Waals surface area contributed by atoms with E-state index in [1.54, 1.807) is 0 Å². The third kappa shape index (κ3) is 15.5. The molecule has 0 aromatic heterocycles. The zero-order chi connectivity index (χ0) is 25.1. The molecule has 2 nitrogen and oxygen atoms in total. The van der Waals surface area contributed by atoms with Gasteiger partial charge in [-0.25, -0.2) is 0 Å². The Hall–Kier alpha value is -0.530. The van der Waals surface area contributed by atoms with Crippen LogP contribution in [0, 0.1) is 0 Å². The van der Waals surface area contributed by atoms with Crippen molar-refractivity contribution in [3.8, 4) is 0 Å². The minimum Gasteiger partial charge on any atom is -0.481 e. The molecule has 0 fully saturated rings. The van der Waals surface area contributed by atoms with Gasteiger partial charge < -0.3 is 5.11 Å². The largest absolute Gasteiger partial charge is 0.481 e. The topological polar surface area (TPSA) is 37.3 Å². The van der Waals surface area contributed by atoms with Crippen LogP contribution in [-0.4, -0.2) is 11.1 Å². The van der Waals surface area contributed by atoms with Gasteiger partial charge in [-0.15, -0.1) is 0 Å². The number of carbonyl (C=O) groups is 1. The van der Waals surface area contributed by atoms with E-state index in [0.29, 0.717) is 12.8 Å². The highest BCUT2D eigenvalue weighted by atomic mass is 16.4. The van der Waals surface area contributed by atoms with Crippen molar-refractivity contribution in [1.29, 1.82) is 0 Å². The quantitative estimate of drug-likeness (QED) is 0.420. The van der Waals surface area contributed by atoms with Gasteiger partial charge in [0.25, 0.3) is 0 Å². The smallest absolute Gasteiger partial charge is 0.303 e. The predicted octanol–water partition coefficient (Wildman–Crippen LogP) is 5.55. The van der Waals surface area contributed by atoms with Crippen LogP contribution in [0.3, 0.4) is 0 Å². The molecular weight excluding hydrogens is 224 g/mol. The van der Waals surface area contributed by atoms with Gasteiger partial charge in [0.1, 0.15) is 0 Å². The van der Waals surface area contributed by atoms with Gasteiger partial charge in [0.05, 0.1) is 0 Å². The van der Waals surface area contributed by atoms with Crippen LogP contribution in [0.1, 0.15) is 114 Å². The lowest BCUT2D eigenvalue weighted by molar-refractivity contribution is -0.137. The Morgan fingerprint density at radius 1 is 0.889 bits per heavy atom. The van der Waals surface area contributed by atoms with Crippen molar-refractivity contribution in [3.63, 3.8) is 0 Å². The van der Waals surface area contributed by atoms with Crippen LogP contribution in [0.5, 0.6) is 0 Å². The molecule has 0 aromatic rings. The van der Waals surface area contributed by atoms with Crippen LogP contribution >= 0.6 is 0 Å². The zero-order valence-corrected chi connectivity index (χ0v) is 10.9. The van der Waals surface area contributed by atoms with Gasteiger partial charge in [-0.3, -0.25) is 4.79 Å². The summed E-state index contributed by atoms with van der Waals surface area (Å²) >= 11 is 0. The van der Waals surface area contributed by atoms with Crippen LogP contribution in [-0.2, 0) is 4.79 Å². The fourth-order valence-electron chi connectivity index (χ4n) is 1.33. The summed E-state index contributed by atoms with van der Waals surface area (Å²) in [5, 5.41) is 8.93. The van der Waals surface area contributed by atoms with Crippen molar-refractivity contribution in [2.45, 2.75) is 96.5 Å². The summed E-state index contributed by atoms with van der Waals surface area (Å²) in [6, 6.07) is 0. The van der Waals surface area contributed by atoms with Crippen molar-refractivity contribution in [3.05, 3.63) is 0 Å². The Morgan fingerprint density at radius 2 is 1.44 bits per heavy atom. The SMILES string of the molecule is [2H]C(CCCCCCCC)C([2H])([2H])C([2H])([2H])C([2H])([2H])C([2H])([2H])C([2H])([2H])C([2H])([2H])C(=O)O. The zero-order valence-electron chi connectivity index (χ0n) is 23.9. The molecule has 0 aliphatic rings. The summed E-state index contributed by atoms with van der Waals surface area (Å²) in [5.41, 5.74) is 0. The minimum absolute atomic E-state index is 0.138. The Morgan fingerprint density at radius 3 is 2.11 bits per heavy atom. The molecule has 0 aliphatic heterocycles. The maximum absolute atomic E-state index is 11.1. The van der Waals surface area contributed by atoms with Gasteiger partial charge in [0, 0.05) is 24.2 Å². The highest BCUT2D eigenvalue weighted by molar-refractivity contribution is 5.66. The van der Waals surface area contributed by atoms with Crippen molar-refractivity contribution in [1.82, 2.24) is 0 Å². The fraction of sp³-hybridized carbons (Fsp3) is 0.938. The molecule has 0 aromatic carbocycles. The molecule has 0 aliphatic carbocycles. The van der Waals surface area contributed by atoms with Gasteiger partial charge in [0.15, 0.2) is 0 Å². The number of rotatable bonds is 14. The Bertz CT molecular complexity index is 604. The van der Waals surface area contributed by atoms with Crippen LogP contribution in [0.25, 0.3) is 0 Å². The second kappa shape index (κ2) is 14.5. The third-order valence-electron chi connectivity index (χ3n) is 2.23. The van der Waals surface area contributed by atoms with E-state index < -0.39 is 50.6 Å². The number of carboxylic acids is 1. The predicted molar refractivity (Wildman–Crippen MR) is 77.9 cm³/mol. The Balaban J connectivity index is 5.80. The third-order valence-corrected chi connectivity index (χ3v) is 2.23. The normalized spacial score (nSPS) is 27.9. The molecule has 0 spiro atoms. The van der Waals surface area contributed by atoms with Crippen molar-refractivity contribution in [2.75, 3.05) is 0 Å². The second-order valence-electron chi connectivity index (χ2n) is 3.84. The van der Waals surface area contributed by atoms with Crippen LogP contribution < -0.4 is 0 Å². The minimum atomic E-state index is -4.11. The van der Waals surface area contributed by atoms with E-state index >= 15 is 0 Å². The standard InChI is InChI=1S/C16H32O2/c1-2-3-4-5-6-7-8-9-10-11-12-13-14-15-16(17)18/h2-15H2,1H3,(H,17,18)/i9D,10D2,11D2,12D2,13D2,14D2,15D2. The fourth-order valence-corrected chi connectivity index (χ4v) is 1.33. The molecule has 1 N–H and O–H groups in total. The number of carboxylic acid groups (broad SMARTS) is 1. The molecule has 1 atom stereocenters. The van der Waals surface area contributed by atoms with E-state index in [2.05, 4.69) is 0 Å². The first kappa shape index (κ1) is 5.46. The lowest BCUT2D eigenvalue weighted by Crippen LogP contribution is -1.93. The van der Waals surface area contributed by atoms with E-state index in [0.717, 1.165) is 25.7 Å². The molecule has 0 bridgehead atoms. The van der Waals surface area contributed by atoms with Crippen LogP contribution in [0.4, 0.5) is 0 Å². The maximum Gasteiger partial charge on any atom is 0.303 e. The lowest BCUT2D eigenvalue weighted by Gasteiger charge is -2.02. The van der Waals surface area contributed by atoms with E-state index in [1.165, 1.54) is 0 Å². The van der Waals surface area contributed by atoms with E-state index in [1.807, 2.05) is 6.92 Å². The molecule has 0 saturated carbocycles. The highest BCUT2D eigenvalue weighted by Crippen LogP contribution is 2.12. The average Bonchev–Trinajstić information content (AvgIpc) is 2.63. The molecule has 0 heterocycles. The van der Waals surface area contributed by atoms with Gasteiger partial charge in [-0.1, -0.05) is 83.8 Å². The highest BCUT2D eigenvalue weighted by Gasteiger charge is 1.96. The number of aliphatic carboxylic acids is 1. The van der Waals surface area contributed by atoms with Gasteiger partial charge in [-0.2, -0.15) is 0 Å². The summed E-state index contributed by atoms with van der Waals surface area (Å²) in [6.45, 7) is 2.04. The molecule has 0 amide bonds. The summed E-state index contributed by atoms with van der Waals surface area (Å²) < 4.78 is 102. The molecule has 108 valence electrons. The summed E-state index contributed by atoms with van der Waals surface area (Å²) in [6.07, 6.45) is -20.3. The first-order valence-electron chi connectivity index (χ1n) is 12.9. The summed E-state index contributed by atoms with van der Waals surface area (Å²) in [5.74, 6) is -2.41. The molecule has 1 unspecified atom stereocenters. The molecule has 0 rings (SSSR count). The second-order valence-corrected chi connectivity index (χ2v) is 3.84. The molecule has 0 radical (unpaired) electrons. The first-order chi connectivity index (χ1) is 13.7. The van der Waals surface area contributed by atoms with E-state index in [-0.39, 0.29) is 6.42 Å². The molecule has 2 heteroatoms. The van der Waals surface area contributed by atoms with Gasteiger partial charge in [0.2, 0.25) is 0 Å². The molecular formula is C16H32O2. The molecule has 18 heavy (non-hydrogen) atoms. The Kier molecular flexibility index (Phi) is 4.40. The molecule has 0 saturated heterocycles. The summed E-state index contributed by atoms with van der Waals surface area (Å²) in [4.78, 5) is 11.1. The van der Waals surface area contributed by atoms with Crippen molar-refractivity contribution >= 4 is 5.97 Å². The lowest BCUT2D eigenvalue weighted by atomic mass is 10.0. The first-order valence-corrected chi connectivity index (χ1v) is 6.33. The van der Waals surface area contributed by atoms with Gasteiger partial charge >= 0.3 is 5.97 Å². The Labute approximate surface area is 131 Å². The van der Waals surface area contributed by atoms with Crippen molar-refractivity contribution < 1.29 is 27.7 Å². The van der Waals surface area contributed by atoms with E-state index in [4.69, 9.17) is 22.9 Å². The van der Waals surface area contributed by atoms with Crippen LogP contribution in [0.15, 0.2) is 0 Å². The summed E-state index contributed by atoms with van der Waals surface area (Å²) in [7, 11) is 0. The van der Waals surface area contributed by atoms with Crippen molar-refractivity contribution in [2.24, 2.45) is 0 Å². The monoisotopic (exact) mass is 269 g/mol. The van der Waals surface area contributed by atoms with E-state index in [9.17, 15) is 4.79 Å². The number of unbranched alkanes of at least 4 members (excludes halogenated alkanes) is 5. The number of hydrogen-bond acceptors (Lipinski definition) is 1.